The molecular weight excluding hydrogens is 307 g/mol. The summed E-state index contributed by atoms with van der Waals surface area (Å²) >= 11 is 5.89. The lowest BCUT2D eigenvalue weighted by Gasteiger charge is -2.16. The van der Waals surface area contributed by atoms with E-state index in [1.54, 1.807) is 24.3 Å². The summed E-state index contributed by atoms with van der Waals surface area (Å²) in [7, 11) is 0. The molecule has 22 heavy (non-hydrogen) atoms. The minimum absolute atomic E-state index is 0.0157. The second kappa shape index (κ2) is 5.77. The van der Waals surface area contributed by atoms with E-state index in [2.05, 4.69) is 5.32 Å². The van der Waals surface area contributed by atoms with Gasteiger partial charge in [-0.2, -0.15) is 0 Å². The van der Waals surface area contributed by atoms with Crippen LogP contribution in [0.25, 0.3) is 0 Å². The number of benzene rings is 2. The second-order valence-electron chi connectivity index (χ2n) is 4.96. The first-order valence-corrected chi connectivity index (χ1v) is 7.07. The van der Waals surface area contributed by atoms with E-state index >= 15 is 0 Å². The number of halogens is 2. The van der Waals surface area contributed by atoms with Gasteiger partial charge in [0, 0.05) is 10.7 Å². The van der Waals surface area contributed by atoms with Crippen LogP contribution in [0.3, 0.4) is 0 Å². The van der Waals surface area contributed by atoms with Gasteiger partial charge >= 0.3 is 0 Å². The van der Waals surface area contributed by atoms with Gasteiger partial charge in [-0.15, -0.1) is 0 Å². The van der Waals surface area contributed by atoms with Gasteiger partial charge in [-0.25, -0.2) is 9.29 Å². The molecule has 2 amide bonds. The first-order valence-electron chi connectivity index (χ1n) is 6.69. The van der Waals surface area contributed by atoms with E-state index in [0.29, 0.717) is 10.7 Å². The highest BCUT2D eigenvalue weighted by Crippen LogP contribution is 2.26. The number of carbonyl (C=O) groups excluding carboxylic acids is 2. The maximum Gasteiger partial charge on any atom is 0.256 e. The van der Waals surface area contributed by atoms with Crippen molar-refractivity contribution in [3.63, 3.8) is 0 Å². The highest BCUT2D eigenvalue weighted by molar-refractivity contribution is 6.30. The Morgan fingerprint density at radius 2 is 1.91 bits per heavy atom. The standard InChI is InChI=1S/C16H12ClFN2O2/c17-10-3-1-5-12(7-10)19-14-9-15(21)20(16(14)22)13-6-2-4-11(18)8-13/h1-8,14,19H,9H2/t14-/m0/s1. The molecule has 0 saturated carbocycles. The Hall–Kier alpha value is -2.40. The number of nitrogens with one attached hydrogen (secondary N) is 1. The molecule has 1 aliphatic rings. The van der Waals surface area contributed by atoms with Gasteiger partial charge in [0.15, 0.2) is 0 Å². The zero-order valence-electron chi connectivity index (χ0n) is 11.4. The van der Waals surface area contributed by atoms with Crippen molar-refractivity contribution < 1.29 is 14.0 Å². The van der Waals surface area contributed by atoms with Crippen LogP contribution in [0.1, 0.15) is 6.42 Å². The summed E-state index contributed by atoms with van der Waals surface area (Å²) in [6, 6.07) is 11.6. The molecule has 1 fully saturated rings. The van der Waals surface area contributed by atoms with E-state index in [0.717, 1.165) is 11.0 Å². The predicted octanol–water partition coefficient (Wildman–Crippen LogP) is 3.22. The van der Waals surface area contributed by atoms with Crippen LogP contribution in [0.5, 0.6) is 0 Å². The van der Waals surface area contributed by atoms with Crippen LogP contribution >= 0.6 is 11.6 Å². The van der Waals surface area contributed by atoms with Gasteiger partial charge < -0.3 is 5.32 Å². The maximum absolute atomic E-state index is 13.3. The molecule has 2 aromatic rings. The summed E-state index contributed by atoms with van der Waals surface area (Å²) in [6.45, 7) is 0. The summed E-state index contributed by atoms with van der Waals surface area (Å²) in [5.74, 6) is -1.27. The monoisotopic (exact) mass is 318 g/mol. The quantitative estimate of drug-likeness (QED) is 0.884. The average Bonchev–Trinajstić information content (AvgIpc) is 2.73. The average molecular weight is 319 g/mol. The van der Waals surface area contributed by atoms with Crippen molar-refractivity contribution in [2.24, 2.45) is 0 Å². The third kappa shape index (κ3) is 2.80. The normalized spacial score (nSPS) is 17.9. The molecule has 2 aromatic carbocycles. The van der Waals surface area contributed by atoms with Gasteiger partial charge in [0.25, 0.3) is 5.91 Å². The molecule has 0 aliphatic carbocycles. The number of rotatable bonds is 3. The molecule has 4 nitrogen and oxygen atoms in total. The van der Waals surface area contributed by atoms with Gasteiger partial charge in [-0.3, -0.25) is 9.59 Å². The number of nitrogens with zero attached hydrogens (tertiary/aromatic N) is 1. The molecular formula is C16H12ClFN2O2. The minimum Gasteiger partial charge on any atom is -0.373 e. The Labute approximate surface area is 131 Å². The molecule has 0 aromatic heterocycles. The van der Waals surface area contributed by atoms with Crippen LogP contribution in [0.15, 0.2) is 48.5 Å². The molecule has 112 valence electrons. The molecule has 0 bridgehead atoms. The van der Waals surface area contributed by atoms with Gasteiger partial charge in [0.05, 0.1) is 12.1 Å². The molecule has 1 N–H and O–H groups in total. The van der Waals surface area contributed by atoms with Crippen LogP contribution in [-0.4, -0.2) is 17.9 Å². The summed E-state index contributed by atoms with van der Waals surface area (Å²) in [4.78, 5) is 25.5. The molecule has 1 atom stereocenters. The predicted molar refractivity (Wildman–Crippen MR) is 82.4 cm³/mol. The third-order valence-corrected chi connectivity index (χ3v) is 3.61. The molecule has 1 saturated heterocycles. The van der Waals surface area contributed by atoms with Gasteiger partial charge in [0.1, 0.15) is 11.9 Å². The van der Waals surface area contributed by atoms with Crippen LogP contribution in [-0.2, 0) is 9.59 Å². The molecule has 0 unspecified atom stereocenters. The summed E-state index contributed by atoms with van der Waals surface area (Å²) in [5, 5.41) is 3.52. The summed E-state index contributed by atoms with van der Waals surface area (Å²) in [5.41, 5.74) is 0.894. The van der Waals surface area contributed by atoms with E-state index in [9.17, 15) is 14.0 Å². The Kier molecular flexibility index (Phi) is 3.81. The first kappa shape index (κ1) is 14.5. The molecule has 1 aliphatic heterocycles. The molecule has 0 spiro atoms. The lowest BCUT2D eigenvalue weighted by atomic mass is 10.2. The van der Waals surface area contributed by atoms with Gasteiger partial charge in [0.2, 0.25) is 5.91 Å². The lowest BCUT2D eigenvalue weighted by molar-refractivity contribution is -0.121. The number of hydrogen-bond acceptors (Lipinski definition) is 3. The van der Waals surface area contributed by atoms with Crippen molar-refractivity contribution >= 4 is 34.8 Å². The zero-order valence-corrected chi connectivity index (χ0v) is 12.2. The first-order chi connectivity index (χ1) is 10.5. The van der Waals surface area contributed by atoms with E-state index < -0.39 is 17.8 Å². The molecule has 0 radical (unpaired) electrons. The zero-order chi connectivity index (χ0) is 15.7. The highest BCUT2D eigenvalue weighted by Gasteiger charge is 2.39. The van der Waals surface area contributed by atoms with E-state index in [-0.39, 0.29) is 18.0 Å². The minimum atomic E-state index is -0.686. The Balaban J connectivity index is 1.82. The fraction of sp³-hybridized carbons (Fsp3) is 0.125. The van der Waals surface area contributed by atoms with Gasteiger partial charge in [-0.05, 0) is 36.4 Å². The number of anilines is 2. The topological polar surface area (TPSA) is 49.4 Å². The smallest absolute Gasteiger partial charge is 0.256 e. The van der Waals surface area contributed by atoms with Crippen molar-refractivity contribution in [1.29, 1.82) is 0 Å². The van der Waals surface area contributed by atoms with Crippen LogP contribution < -0.4 is 10.2 Å². The van der Waals surface area contributed by atoms with E-state index in [1.165, 1.54) is 18.2 Å². The van der Waals surface area contributed by atoms with Crippen LogP contribution in [0, 0.1) is 5.82 Å². The number of amides is 2. The van der Waals surface area contributed by atoms with Crippen LogP contribution in [0.4, 0.5) is 15.8 Å². The van der Waals surface area contributed by atoms with Crippen molar-refractivity contribution in [3.8, 4) is 0 Å². The molecule has 6 heteroatoms. The molecule has 3 rings (SSSR count). The Morgan fingerprint density at radius 1 is 1.14 bits per heavy atom. The summed E-state index contributed by atoms with van der Waals surface area (Å²) in [6.07, 6.45) is 0.0157. The highest BCUT2D eigenvalue weighted by atomic mass is 35.5. The lowest BCUT2D eigenvalue weighted by Crippen LogP contribution is -2.34. The number of hydrogen-bond donors (Lipinski definition) is 1. The molecule has 1 heterocycles. The Morgan fingerprint density at radius 3 is 2.64 bits per heavy atom. The number of imide groups is 1. The third-order valence-electron chi connectivity index (χ3n) is 3.38. The van der Waals surface area contributed by atoms with E-state index in [1.807, 2.05) is 0 Å². The van der Waals surface area contributed by atoms with Crippen molar-refractivity contribution in [1.82, 2.24) is 0 Å². The SMILES string of the molecule is O=C1C[C@H](Nc2cccc(Cl)c2)C(=O)N1c1cccc(F)c1. The van der Waals surface area contributed by atoms with Crippen molar-refractivity contribution in [3.05, 3.63) is 59.4 Å². The van der Waals surface area contributed by atoms with Gasteiger partial charge in [-0.1, -0.05) is 23.7 Å². The van der Waals surface area contributed by atoms with Crippen LogP contribution in [0.2, 0.25) is 5.02 Å². The fourth-order valence-electron chi connectivity index (χ4n) is 2.41. The Bertz CT molecular complexity index is 750. The number of carbonyl (C=O) groups is 2. The maximum atomic E-state index is 13.3. The summed E-state index contributed by atoms with van der Waals surface area (Å²) < 4.78 is 13.3. The van der Waals surface area contributed by atoms with E-state index in [4.69, 9.17) is 11.6 Å². The van der Waals surface area contributed by atoms with Crippen molar-refractivity contribution in [2.45, 2.75) is 12.5 Å². The van der Waals surface area contributed by atoms with Crippen molar-refractivity contribution in [2.75, 3.05) is 10.2 Å². The largest absolute Gasteiger partial charge is 0.373 e. The second-order valence-corrected chi connectivity index (χ2v) is 5.40. The fourth-order valence-corrected chi connectivity index (χ4v) is 2.60.